The number of halogens is 1. The van der Waals surface area contributed by atoms with Crippen molar-refractivity contribution in [1.82, 2.24) is 19.5 Å². The third kappa shape index (κ3) is 4.77. The van der Waals surface area contributed by atoms with E-state index in [4.69, 9.17) is 9.97 Å². The fourth-order valence-electron chi connectivity index (χ4n) is 5.88. The fourth-order valence-corrected chi connectivity index (χ4v) is 6.36. The van der Waals surface area contributed by atoms with Crippen molar-refractivity contribution in [2.24, 2.45) is 0 Å². The lowest BCUT2D eigenvalue weighted by Crippen LogP contribution is -1.98. The summed E-state index contributed by atoms with van der Waals surface area (Å²) in [6.07, 6.45) is 3.67. The van der Waals surface area contributed by atoms with E-state index in [0.29, 0.717) is 5.82 Å². The van der Waals surface area contributed by atoms with Crippen molar-refractivity contribution >= 4 is 37.7 Å². The third-order valence-electron chi connectivity index (χ3n) is 7.95. The number of nitrogens with zero attached hydrogens (tertiary/aromatic N) is 4. The average molecular weight is 630 g/mol. The minimum atomic E-state index is 0.688. The van der Waals surface area contributed by atoms with Crippen molar-refractivity contribution in [3.05, 3.63) is 156 Å². The molecule has 0 bridgehead atoms. The molecule has 0 saturated heterocycles. The van der Waals surface area contributed by atoms with Gasteiger partial charge in [0.2, 0.25) is 0 Å². The maximum atomic E-state index is 5.10. The van der Waals surface area contributed by atoms with Gasteiger partial charge >= 0.3 is 0 Å². The van der Waals surface area contributed by atoms with Gasteiger partial charge in [-0.15, -0.1) is 0 Å². The molecular weight excluding hydrogens is 604 g/mol. The molecule has 0 unspecified atom stereocenters. The zero-order valence-electron chi connectivity index (χ0n) is 23.6. The summed E-state index contributed by atoms with van der Waals surface area (Å²) in [5.41, 5.74) is 10.3. The predicted octanol–water partition coefficient (Wildman–Crippen LogP) is 10.4. The summed E-state index contributed by atoms with van der Waals surface area (Å²) in [7, 11) is 0. The number of aromatic nitrogens is 4. The van der Waals surface area contributed by atoms with Crippen molar-refractivity contribution in [2.75, 3.05) is 0 Å². The van der Waals surface area contributed by atoms with Crippen LogP contribution in [0.4, 0.5) is 0 Å². The molecule has 8 rings (SSSR count). The van der Waals surface area contributed by atoms with Gasteiger partial charge in [0.05, 0.1) is 22.4 Å². The van der Waals surface area contributed by atoms with Gasteiger partial charge in [-0.2, -0.15) is 0 Å². The Morgan fingerprint density at radius 3 is 1.77 bits per heavy atom. The molecule has 0 N–H and O–H groups in total. The Morgan fingerprint density at radius 1 is 0.477 bits per heavy atom. The van der Waals surface area contributed by atoms with Crippen LogP contribution in [0, 0.1) is 0 Å². The summed E-state index contributed by atoms with van der Waals surface area (Å²) < 4.78 is 3.31. The van der Waals surface area contributed by atoms with Gasteiger partial charge in [0, 0.05) is 50.0 Å². The molecule has 0 saturated carbocycles. The monoisotopic (exact) mass is 628 g/mol. The summed E-state index contributed by atoms with van der Waals surface area (Å²) in [4.78, 5) is 14.4. The molecule has 3 aromatic heterocycles. The lowest BCUT2D eigenvalue weighted by Gasteiger charge is -2.13. The lowest BCUT2D eigenvalue weighted by atomic mass is 10.0. The van der Waals surface area contributed by atoms with Crippen LogP contribution in [-0.4, -0.2) is 19.5 Å². The molecular formula is C39H25BrN4. The molecule has 5 aromatic carbocycles. The van der Waals surface area contributed by atoms with E-state index in [1.165, 1.54) is 21.8 Å². The molecule has 4 nitrogen and oxygen atoms in total. The Bertz CT molecular complexity index is 2220. The van der Waals surface area contributed by atoms with Crippen LogP contribution in [0.2, 0.25) is 0 Å². The Balaban J connectivity index is 1.30. The maximum absolute atomic E-state index is 5.10. The quantitative estimate of drug-likeness (QED) is 0.190. The number of benzene rings is 5. The van der Waals surface area contributed by atoms with Crippen LogP contribution in [0.1, 0.15) is 0 Å². The maximum Gasteiger partial charge on any atom is 0.160 e. The van der Waals surface area contributed by atoms with Gasteiger partial charge in [0.15, 0.2) is 5.82 Å². The first-order valence-corrected chi connectivity index (χ1v) is 15.3. The number of pyridine rings is 1. The minimum absolute atomic E-state index is 0.688. The van der Waals surface area contributed by atoms with E-state index >= 15 is 0 Å². The highest BCUT2D eigenvalue weighted by Gasteiger charge is 2.15. The van der Waals surface area contributed by atoms with Gasteiger partial charge in [-0.05, 0) is 53.6 Å². The van der Waals surface area contributed by atoms with Crippen molar-refractivity contribution < 1.29 is 0 Å². The first kappa shape index (κ1) is 26.3. The summed E-state index contributed by atoms with van der Waals surface area (Å²) in [6, 6.07) is 48.4. The molecule has 8 aromatic rings. The SMILES string of the molecule is Brc1cc(-c2cc(-c3ccc(-c4cccnc4)cc3)nc(-c3ccccc3)n2)cc(-n2c3ccccc3c3ccccc32)c1. The lowest BCUT2D eigenvalue weighted by molar-refractivity contribution is 1.16. The zero-order valence-corrected chi connectivity index (χ0v) is 25.2. The van der Waals surface area contributed by atoms with Crippen LogP contribution in [0.25, 0.3) is 72.5 Å². The van der Waals surface area contributed by atoms with Crippen LogP contribution in [0.3, 0.4) is 0 Å². The first-order valence-electron chi connectivity index (χ1n) is 14.5. The van der Waals surface area contributed by atoms with Gasteiger partial charge in [-0.1, -0.05) is 113 Å². The molecule has 3 heterocycles. The van der Waals surface area contributed by atoms with E-state index in [2.05, 4.69) is 141 Å². The van der Waals surface area contributed by atoms with Crippen LogP contribution >= 0.6 is 15.9 Å². The van der Waals surface area contributed by atoms with Gasteiger partial charge in [-0.3, -0.25) is 4.98 Å². The highest BCUT2D eigenvalue weighted by Crippen LogP contribution is 2.36. The Kier molecular flexibility index (Phi) is 6.58. The summed E-state index contributed by atoms with van der Waals surface area (Å²) in [6.45, 7) is 0. The van der Waals surface area contributed by atoms with Crippen LogP contribution in [0.5, 0.6) is 0 Å². The smallest absolute Gasteiger partial charge is 0.160 e. The molecule has 0 spiro atoms. The van der Waals surface area contributed by atoms with Crippen LogP contribution < -0.4 is 0 Å². The second-order valence-corrected chi connectivity index (χ2v) is 11.6. The van der Waals surface area contributed by atoms with E-state index in [-0.39, 0.29) is 0 Å². The van der Waals surface area contributed by atoms with Crippen molar-refractivity contribution in [2.45, 2.75) is 0 Å². The number of hydrogen-bond donors (Lipinski definition) is 0. The van der Waals surface area contributed by atoms with Gasteiger partial charge in [-0.25, -0.2) is 9.97 Å². The van der Waals surface area contributed by atoms with E-state index in [1.54, 1.807) is 6.20 Å². The highest BCUT2D eigenvalue weighted by atomic mass is 79.9. The molecule has 44 heavy (non-hydrogen) atoms. The molecule has 5 heteroatoms. The third-order valence-corrected chi connectivity index (χ3v) is 8.41. The average Bonchev–Trinajstić information content (AvgIpc) is 3.43. The molecule has 0 aliphatic rings. The van der Waals surface area contributed by atoms with E-state index in [0.717, 1.165) is 49.4 Å². The normalized spacial score (nSPS) is 11.3. The standard InChI is InChI=1S/C39H25BrN4/c40-31-21-30(22-32(23-31)44-37-14-6-4-12-33(37)34-13-5-7-15-38(34)44)36-24-35(42-39(43-36)28-9-2-1-3-10-28)27-18-16-26(17-19-27)29-11-8-20-41-25-29/h1-25H. The Hall–Kier alpha value is -5.39. The van der Waals surface area contributed by atoms with Gasteiger partial charge < -0.3 is 4.57 Å². The minimum Gasteiger partial charge on any atom is -0.309 e. The van der Waals surface area contributed by atoms with Crippen molar-refractivity contribution in [1.29, 1.82) is 0 Å². The molecule has 208 valence electrons. The first-order chi connectivity index (χ1) is 21.7. The van der Waals surface area contributed by atoms with Crippen molar-refractivity contribution in [3.8, 4) is 50.7 Å². The van der Waals surface area contributed by atoms with E-state index in [1.807, 2.05) is 30.5 Å². The molecule has 0 aliphatic carbocycles. The molecule has 0 fully saturated rings. The largest absolute Gasteiger partial charge is 0.309 e. The summed E-state index contributed by atoms with van der Waals surface area (Å²) in [5.74, 6) is 0.688. The number of fused-ring (bicyclic) bond motifs is 3. The molecule has 0 radical (unpaired) electrons. The van der Waals surface area contributed by atoms with Crippen molar-refractivity contribution in [3.63, 3.8) is 0 Å². The summed E-state index contributed by atoms with van der Waals surface area (Å²) >= 11 is 3.82. The Labute approximate surface area is 263 Å². The van der Waals surface area contributed by atoms with Crippen LogP contribution in [0.15, 0.2) is 156 Å². The van der Waals surface area contributed by atoms with Gasteiger partial charge in [0.25, 0.3) is 0 Å². The fraction of sp³-hybridized carbons (Fsp3) is 0. The second-order valence-electron chi connectivity index (χ2n) is 10.7. The van der Waals surface area contributed by atoms with Crippen LogP contribution in [-0.2, 0) is 0 Å². The molecule has 0 aliphatic heterocycles. The number of hydrogen-bond acceptors (Lipinski definition) is 3. The second kappa shape index (κ2) is 11.0. The number of para-hydroxylation sites is 2. The molecule has 0 amide bonds. The highest BCUT2D eigenvalue weighted by molar-refractivity contribution is 9.10. The Morgan fingerprint density at radius 2 is 1.09 bits per heavy atom. The number of rotatable bonds is 5. The zero-order chi connectivity index (χ0) is 29.5. The van der Waals surface area contributed by atoms with Gasteiger partial charge in [0.1, 0.15) is 0 Å². The topological polar surface area (TPSA) is 43.6 Å². The van der Waals surface area contributed by atoms with E-state index in [9.17, 15) is 0 Å². The predicted molar refractivity (Wildman–Crippen MR) is 184 cm³/mol. The van der Waals surface area contributed by atoms with E-state index < -0.39 is 0 Å². The summed E-state index contributed by atoms with van der Waals surface area (Å²) in [5, 5.41) is 2.46. The molecule has 0 atom stereocenters.